The van der Waals surface area contributed by atoms with Gasteiger partial charge >= 0.3 is 12.0 Å². The van der Waals surface area contributed by atoms with Gasteiger partial charge in [0.1, 0.15) is 5.54 Å². The molecule has 1 atom stereocenters. The highest BCUT2D eigenvalue weighted by molar-refractivity contribution is 5.87. The fourth-order valence-electron chi connectivity index (χ4n) is 2.24. The van der Waals surface area contributed by atoms with Gasteiger partial charge in [-0.25, -0.2) is 9.59 Å². The number of aliphatic carboxylic acids is 1. The zero-order chi connectivity index (χ0) is 12.3. The standard InChI is InChI=1S/C11H20N2O3/c1-4-11(9(14)15)7-6-8-13(11)10(16)12(3)5-2/h4-8H2,1-3H3,(H,14,15). The predicted octanol–water partition coefficient (Wildman–Crippen LogP) is 1.39. The van der Waals surface area contributed by atoms with Crippen molar-refractivity contribution in [3.8, 4) is 0 Å². The van der Waals surface area contributed by atoms with Crippen LogP contribution in [0.4, 0.5) is 4.79 Å². The van der Waals surface area contributed by atoms with Crippen molar-refractivity contribution >= 4 is 12.0 Å². The Morgan fingerprint density at radius 2 is 2.06 bits per heavy atom. The van der Waals surface area contributed by atoms with Gasteiger partial charge in [0.2, 0.25) is 0 Å². The molecule has 0 aromatic heterocycles. The Morgan fingerprint density at radius 1 is 1.44 bits per heavy atom. The summed E-state index contributed by atoms with van der Waals surface area (Å²) in [6.07, 6.45) is 1.79. The molecule has 0 aromatic carbocycles. The van der Waals surface area contributed by atoms with E-state index in [1.165, 1.54) is 4.90 Å². The first-order valence-electron chi connectivity index (χ1n) is 5.75. The Bertz CT molecular complexity index is 293. The van der Waals surface area contributed by atoms with Crippen molar-refractivity contribution in [3.63, 3.8) is 0 Å². The Kier molecular flexibility index (Phi) is 3.78. The molecule has 0 bridgehead atoms. The van der Waals surface area contributed by atoms with E-state index in [9.17, 15) is 14.7 Å². The van der Waals surface area contributed by atoms with Crippen LogP contribution in [0.3, 0.4) is 0 Å². The highest BCUT2D eigenvalue weighted by Crippen LogP contribution is 2.33. The van der Waals surface area contributed by atoms with E-state index in [1.54, 1.807) is 11.9 Å². The van der Waals surface area contributed by atoms with Gasteiger partial charge in [-0.05, 0) is 26.2 Å². The number of carbonyl (C=O) groups excluding carboxylic acids is 1. The summed E-state index contributed by atoms with van der Waals surface area (Å²) >= 11 is 0. The van der Waals surface area contributed by atoms with Crippen molar-refractivity contribution in [1.82, 2.24) is 9.80 Å². The van der Waals surface area contributed by atoms with E-state index in [-0.39, 0.29) is 6.03 Å². The third-order valence-corrected chi connectivity index (χ3v) is 3.50. The number of nitrogens with zero attached hydrogens (tertiary/aromatic N) is 2. The Labute approximate surface area is 96.0 Å². The third-order valence-electron chi connectivity index (χ3n) is 3.50. The number of likely N-dealkylation sites (tertiary alicyclic amines) is 1. The first-order chi connectivity index (χ1) is 7.49. The molecule has 16 heavy (non-hydrogen) atoms. The lowest BCUT2D eigenvalue weighted by Crippen LogP contribution is -2.55. The predicted molar refractivity (Wildman–Crippen MR) is 60.3 cm³/mol. The molecule has 1 fully saturated rings. The summed E-state index contributed by atoms with van der Waals surface area (Å²) in [4.78, 5) is 26.5. The first-order valence-corrected chi connectivity index (χ1v) is 5.75. The van der Waals surface area contributed by atoms with Gasteiger partial charge in [0.25, 0.3) is 0 Å². The fraction of sp³-hybridized carbons (Fsp3) is 0.818. The average Bonchev–Trinajstić information content (AvgIpc) is 2.71. The normalized spacial score (nSPS) is 24.6. The summed E-state index contributed by atoms with van der Waals surface area (Å²) in [5, 5.41) is 9.33. The number of carbonyl (C=O) groups is 2. The van der Waals surface area contributed by atoms with Crippen LogP contribution in [0.2, 0.25) is 0 Å². The summed E-state index contributed by atoms with van der Waals surface area (Å²) in [5.41, 5.74) is -0.986. The van der Waals surface area contributed by atoms with Gasteiger partial charge in [-0.1, -0.05) is 6.92 Å². The molecule has 1 heterocycles. The van der Waals surface area contributed by atoms with Crippen LogP contribution in [0.1, 0.15) is 33.1 Å². The smallest absolute Gasteiger partial charge is 0.329 e. The van der Waals surface area contributed by atoms with Crippen LogP contribution in [-0.4, -0.2) is 52.6 Å². The van der Waals surface area contributed by atoms with Crippen LogP contribution < -0.4 is 0 Å². The lowest BCUT2D eigenvalue weighted by atomic mass is 9.93. The Balaban J connectivity index is 2.94. The van der Waals surface area contributed by atoms with E-state index in [4.69, 9.17) is 0 Å². The monoisotopic (exact) mass is 228 g/mol. The molecule has 0 saturated carbocycles. The lowest BCUT2D eigenvalue weighted by molar-refractivity contribution is -0.148. The van der Waals surface area contributed by atoms with Crippen LogP contribution in [0.25, 0.3) is 0 Å². The second kappa shape index (κ2) is 4.72. The van der Waals surface area contributed by atoms with Gasteiger partial charge in [-0.15, -0.1) is 0 Å². The molecule has 1 unspecified atom stereocenters. The number of carboxylic acids is 1. The van der Waals surface area contributed by atoms with Crippen molar-refractivity contribution in [2.75, 3.05) is 20.1 Å². The average molecular weight is 228 g/mol. The minimum Gasteiger partial charge on any atom is -0.479 e. The molecule has 1 rings (SSSR count). The van der Waals surface area contributed by atoms with Crippen LogP contribution in [-0.2, 0) is 4.79 Å². The minimum absolute atomic E-state index is 0.177. The molecule has 1 saturated heterocycles. The van der Waals surface area contributed by atoms with Crippen molar-refractivity contribution in [1.29, 1.82) is 0 Å². The summed E-state index contributed by atoms with van der Waals surface area (Å²) in [6.45, 7) is 4.84. The zero-order valence-electron chi connectivity index (χ0n) is 10.2. The van der Waals surface area contributed by atoms with Crippen molar-refractivity contribution in [2.45, 2.75) is 38.6 Å². The molecule has 0 aliphatic carbocycles. The summed E-state index contributed by atoms with van der Waals surface area (Å²) in [7, 11) is 1.70. The molecule has 5 heteroatoms. The maximum absolute atomic E-state index is 12.0. The summed E-state index contributed by atoms with van der Waals surface area (Å²) < 4.78 is 0. The molecule has 0 aromatic rings. The van der Waals surface area contributed by atoms with Gasteiger partial charge in [0, 0.05) is 20.1 Å². The van der Waals surface area contributed by atoms with Gasteiger partial charge in [0.05, 0.1) is 0 Å². The molecule has 5 nitrogen and oxygen atoms in total. The molecule has 1 N–H and O–H groups in total. The number of amides is 2. The maximum Gasteiger partial charge on any atom is 0.329 e. The summed E-state index contributed by atoms with van der Waals surface area (Å²) in [6, 6.07) is -0.177. The van der Waals surface area contributed by atoms with E-state index in [0.717, 1.165) is 6.42 Å². The van der Waals surface area contributed by atoms with Crippen LogP contribution in [0.15, 0.2) is 0 Å². The Hall–Kier alpha value is -1.26. The number of hydrogen-bond acceptors (Lipinski definition) is 2. The second-order valence-electron chi connectivity index (χ2n) is 4.24. The van der Waals surface area contributed by atoms with Crippen LogP contribution in [0.5, 0.6) is 0 Å². The largest absolute Gasteiger partial charge is 0.479 e. The molecular formula is C11H20N2O3. The van der Waals surface area contributed by atoms with Crippen molar-refractivity contribution in [3.05, 3.63) is 0 Å². The Morgan fingerprint density at radius 3 is 2.50 bits per heavy atom. The molecule has 0 spiro atoms. The SMILES string of the molecule is CCN(C)C(=O)N1CCCC1(CC)C(=O)O. The number of urea groups is 1. The highest BCUT2D eigenvalue weighted by Gasteiger charge is 2.49. The third kappa shape index (κ3) is 1.86. The van der Waals surface area contributed by atoms with Gasteiger partial charge in [-0.2, -0.15) is 0 Å². The fourth-order valence-corrected chi connectivity index (χ4v) is 2.24. The van der Waals surface area contributed by atoms with E-state index >= 15 is 0 Å². The van der Waals surface area contributed by atoms with Crippen molar-refractivity contribution in [2.24, 2.45) is 0 Å². The van der Waals surface area contributed by atoms with Crippen LogP contribution in [0, 0.1) is 0 Å². The van der Waals surface area contributed by atoms with E-state index in [1.807, 2.05) is 13.8 Å². The molecule has 1 aliphatic rings. The first kappa shape index (κ1) is 12.8. The van der Waals surface area contributed by atoms with E-state index in [0.29, 0.717) is 25.9 Å². The van der Waals surface area contributed by atoms with Gasteiger partial charge < -0.3 is 14.9 Å². The molecule has 0 radical (unpaired) electrons. The van der Waals surface area contributed by atoms with Crippen molar-refractivity contribution < 1.29 is 14.7 Å². The highest BCUT2D eigenvalue weighted by atomic mass is 16.4. The molecule has 1 aliphatic heterocycles. The number of carboxylic acid groups (broad SMARTS) is 1. The second-order valence-corrected chi connectivity index (χ2v) is 4.24. The maximum atomic E-state index is 12.0. The topological polar surface area (TPSA) is 60.9 Å². The minimum atomic E-state index is -0.986. The quantitative estimate of drug-likeness (QED) is 0.794. The molecule has 92 valence electrons. The van der Waals surface area contributed by atoms with Gasteiger partial charge in [-0.3, -0.25) is 0 Å². The number of hydrogen-bond donors (Lipinski definition) is 1. The van der Waals surface area contributed by atoms with E-state index in [2.05, 4.69) is 0 Å². The zero-order valence-corrected chi connectivity index (χ0v) is 10.2. The molecular weight excluding hydrogens is 208 g/mol. The summed E-state index contributed by atoms with van der Waals surface area (Å²) in [5.74, 6) is -0.884. The van der Waals surface area contributed by atoms with Gasteiger partial charge in [0.15, 0.2) is 0 Å². The lowest BCUT2D eigenvalue weighted by Gasteiger charge is -2.36. The number of rotatable bonds is 3. The van der Waals surface area contributed by atoms with Crippen LogP contribution >= 0.6 is 0 Å². The molecule has 2 amide bonds. The van der Waals surface area contributed by atoms with E-state index < -0.39 is 11.5 Å².